The van der Waals surface area contributed by atoms with E-state index in [1.165, 1.54) is 12.1 Å². The number of ether oxygens (including phenoxy) is 1. The van der Waals surface area contributed by atoms with E-state index in [4.69, 9.17) is 4.74 Å². The molecular formula is C17H14N2O3S2. The summed E-state index contributed by atoms with van der Waals surface area (Å²) in [6, 6.07) is 14.4. The topological polar surface area (TPSA) is 65.3 Å². The Balaban J connectivity index is 1.64. The van der Waals surface area contributed by atoms with Gasteiger partial charge in [-0.3, -0.25) is 10.1 Å². The number of benzene rings is 2. The molecule has 1 heterocycles. The minimum Gasteiger partial charge on any atom is -0.497 e. The molecule has 0 aliphatic heterocycles. The van der Waals surface area contributed by atoms with E-state index in [1.807, 2.05) is 29.6 Å². The Hall–Kier alpha value is -2.38. The minimum atomic E-state index is -0.393. The van der Waals surface area contributed by atoms with Gasteiger partial charge in [-0.15, -0.1) is 23.1 Å². The van der Waals surface area contributed by atoms with Crippen molar-refractivity contribution in [2.75, 3.05) is 7.11 Å². The number of nitro groups is 1. The summed E-state index contributed by atoms with van der Waals surface area (Å²) in [5, 5.41) is 13.7. The van der Waals surface area contributed by atoms with Crippen molar-refractivity contribution in [3.63, 3.8) is 0 Å². The molecule has 0 bridgehead atoms. The first-order valence-electron chi connectivity index (χ1n) is 7.12. The third-order valence-corrected chi connectivity index (χ3v) is 5.31. The summed E-state index contributed by atoms with van der Waals surface area (Å²) in [4.78, 5) is 15.9. The number of hydrogen-bond acceptors (Lipinski definition) is 6. The van der Waals surface area contributed by atoms with Gasteiger partial charge in [0.2, 0.25) is 0 Å². The number of thioether (sulfide) groups is 1. The standard InChI is InChI=1S/C17H14N2O3S2/c1-22-15-6-2-12(3-7-15)17-18-13(11-24-17)10-23-16-8-4-14(5-9-16)19(20)21/h2-9,11H,10H2,1H3. The maximum Gasteiger partial charge on any atom is 0.269 e. The van der Waals surface area contributed by atoms with E-state index in [1.54, 1.807) is 42.3 Å². The van der Waals surface area contributed by atoms with E-state index in [0.29, 0.717) is 0 Å². The first-order chi connectivity index (χ1) is 11.7. The highest BCUT2D eigenvalue weighted by Gasteiger charge is 2.07. The summed E-state index contributed by atoms with van der Waals surface area (Å²) in [6.45, 7) is 0. The predicted molar refractivity (Wildman–Crippen MR) is 96.8 cm³/mol. The zero-order chi connectivity index (χ0) is 16.9. The number of methoxy groups -OCH3 is 1. The summed E-state index contributed by atoms with van der Waals surface area (Å²) < 4.78 is 5.16. The molecule has 0 N–H and O–H groups in total. The van der Waals surface area contributed by atoms with Crippen LogP contribution in [0.15, 0.2) is 58.8 Å². The maximum atomic E-state index is 10.7. The molecular weight excluding hydrogens is 344 g/mol. The normalized spacial score (nSPS) is 10.5. The van der Waals surface area contributed by atoms with Gasteiger partial charge in [0, 0.05) is 33.7 Å². The van der Waals surface area contributed by atoms with Crippen LogP contribution in [0.25, 0.3) is 10.6 Å². The van der Waals surface area contributed by atoms with Crippen LogP contribution in [0, 0.1) is 10.1 Å². The van der Waals surface area contributed by atoms with E-state index < -0.39 is 4.92 Å². The number of hydrogen-bond donors (Lipinski definition) is 0. The van der Waals surface area contributed by atoms with Gasteiger partial charge in [0.1, 0.15) is 10.8 Å². The minimum absolute atomic E-state index is 0.106. The molecule has 0 radical (unpaired) electrons. The zero-order valence-corrected chi connectivity index (χ0v) is 14.5. The molecule has 0 aliphatic rings. The summed E-state index contributed by atoms with van der Waals surface area (Å²) in [5.41, 5.74) is 2.16. The molecule has 0 aliphatic carbocycles. The Morgan fingerprint density at radius 1 is 1.17 bits per heavy atom. The van der Waals surface area contributed by atoms with Crippen LogP contribution in [0.1, 0.15) is 5.69 Å². The average molecular weight is 358 g/mol. The Bertz CT molecular complexity index is 830. The fourth-order valence-electron chi connectivity index (χ4n) is 2.06. The summed E-state index contributed by atoms with van der Waals surface area (Å²) in [5.74, 6) is 1.55. The molecule has 0 spiro atoms. The van der Waals surface area contributed by atoms with Crippen molar-refractivity contribution in [1.82, 2.24) is 4.98 Å². The van der Waals surface area contributed by atoms with Crippen LogP contribution in [-0.4, -0.2) is 17.0 Å². The molecule has 122 valence electrons. The van der Waals surface area contributed by atoms with E-state index in [9.17, 15) is 10.1 Å². The molecule has 0 fully saturated rings. The largest absolute Gasteiger partial charge is 0.497 e. The first kappa shape index (κ1) is 16.5. The highest BCUT2D eigenvalue weighted by molar-refractivity contribution is 7.98. The van der Waals surface area contributed by atoms with Crippen molar-refractivity contribution in [3.8, 4) is 16.3 Å². The van der Waals surface area contributed by atoms with E-state index in [-0.39, 0.29) is 5.69 Å². The Morgan fingerprint density at radius 2 is 1.88 bits per heavy atom. The number of nitrogens with zero attached hydrogens (tertiary/aromatic N) is 2. The van der Waals surface area contributed by atoms with Crippen LogP contribution in [0.4, 0.5) is 5.69 Å². The third-order valence-electron chi connectivity index (χ3n) is 3.32. The molecule has 0 unspecified atom stereocenters. The highest BCUT2D eigenvalue weighted by Crippen LogP contribution is 2.29. The monoisotopic (exact) mass is 358 g/mol. The molecule has 7 heteroatoms. The van der Waals surface area contributed by atoms with E-state index in [0.717, 1.165) is 32.7 Å². The molecule has 24 heavy (non-hydrogen) atoms. The van der Waals surface area contributed by atoms with Crippen molar-refractivity contribution in [2.24, 2.45) is 0 Å². The fraction of sp³-hybridized carbons (Fsp3) is 0.118. The molecule has 0 amide bonds. The molecule has 0 saturated heterocycles. The lowest BCUT2D eigenvalue weighted by molar-refractivity contribution is -0.384. The molecule has 3 rings (SSSR count). The first-order valence-corrected chi connectivity index (χ1v) is 8.98. The fourth-order valence-corrected chi connectivity index (χ4v) is 3.78. The highest BCUT2D eigenvalue weighted by atomic mass is 32.2. The lowest BCUT2D eigenvalue weighted by atomic mass is 10.2. The lowest BCUT2D eigenvalue weighted by Gasteiger charge is -2.01. The Morgan fingerprint density at radius 3 is 2.50 bits per heavy atom. The third kappa shape index (κ3) is 3.93. The second-order valence-corrected chi connectivity index (χ2v) is 6.82. The molecule has 0 atom stereocenters. The SMILES string of the molecule is COc1ccc(-c2nc(CSc3ccc([N+](=O)[O-])cc3)cs2)cc1. The van der Waals surface area contributed by atoms with Gasteiger partial charge in [0.15, 0.2) is 0 Å². The van der Waals surface area contributed by atoms with Gasteiger partial charge >= 0.3 is 0 Å². The number of thiazole rings is 1. The van der Waals surface area contributed by atoms with Crippen LogP contribution in [0.5, 0.6) is 5.75 Å². The van der Waals surface area contributed by atoms with Gasteiger partial charge in [0.05, 0.1) is 17.7 Å². The van der Waals surface area contributed by atoms with Crippen LogP contribution in [0.3, 0.4) is 0 Å². The molecule has 5 nitrogen and oxygen atoms in total. The van der Waals surface area contributed by atoms with Crippen LogP contribution in [-0.2, 0) is 5.75 Å². The summed E-state index contributed by atoms with van der Waals surface area (Å²) >= 11 is 3.21. The van der Waals surface area contributed by atoms with Crippen molar-refractivity contribution >= 4 is 28.8 Å². The van der Waals surface area contributed by atoms with Gasteiger partial charge in [-0.2, -0.15) is 0 Å². The van der Waals surface area contributed by atoms with Crippen LogP contribution in [0.2, 0.25) is 0 Å². The quantitative estimate of drug-likeness (QED) is 0.352. The Kier molecular flexibility index (Phi) is 5.12. The van der Waals surface area contributed by atoms with Gasteiger partial charge in [0.25, 0.3) is 5.69 Å². The van der Waals surface area contributed by atoms with Crippen LogP contribution < -0.4 is 4.74 Å². The number of non-ortho nitro benzene ring substituents is 1. The molecule has 2 aromatic carbocycles. The number of nitro benzene ring substituents is 1. The maximum absolute atomic E-state index is 10.7. The second-order valence-electron chi connectivity index (χ2n) is 4.91. The summed E-state index contributed by atoms with van der Waals surface area (Å²) in [6.07, 6.45) is 0. The smallest absolute Gasteiger partial charge is 0.269 e. The second kappa shape index (κ2) is 7.46. The zero-order valence-electron chi connectivity index (χ0n) is 12.8. The lowest BCUT2D eigenvalue weighted by Crippen LogP contribution is -1.87. The van der Waals surface area contributed by atoms with Crippen LogP contribution >= 0.6 is 23.1 Å². The molecule has 3 aromatic rings. The molecule has 1 aromatic heterocycles. The van der Waals surface area contributed by atoms with Crippen molar-refractivity contribution < 1.29 is 9.66 Å². The Labute approximate surface area is 147 Å². The van der Waals surface area contributed by atoms with Gasteiger partial charge in [-0.25, -0.2) is 4.98 Å². The van der Waals surface area contributed by atoms with E-state index >= 15 is 0 Å². The van der Waals surface area contributed by atoms with Crippen molar-refractivity contribution in [2.45, 2.75) is 10.6 Å². The molecule has 0 saturated carbocycles. The van der Waals surface area contributed by atoms with Gasteiger partial charge < -0.3 is 4.74 Å². The summed E-state index contributed by atoms with van der Waals surface area (Å²) in [7, 11) is 1.64. The van der Waals surface area contributed by atoms with E-state index in [2.05, 4.69) is 4.98 Å². The number of rotatable bonds is 6. The van der Waals surface area contributed by atoms with Crippen molar-refractivity contribution in [1.29, 1.82) is 0 Å². The average Bonchev–Trinajstić information content (AvgIpc) is 3.09. The van der Waals surface area contributed by atoms with Gasteiger partial charge in [-0.1, -0.05) is 0 Å². The predicted octanol–water partition coefficient (Wildman–Crippen LogP) is 5.02. The van der Waals surface area contributed by atoms with Crippen molar-refractivity contribution in [3.05, 3.63) is 69.7 Å². The number of aromatic nitrogens is 1. The van der Waals surface area contributed by atoms with Gasteiger partial charge in [-0.05, 0) is 36.4 Å².